The maximum absolute atomic E-state index is 12.2. The molecule has 25 heavy (non-hydrogen) atoms. The monoisotopic (exact) mass is 349 g/mol. The Morgan fingerprint density at radius 3 is 2.60 bits per heavy atom. The van der Waals surface area contributed by atoms with Gasteiger partial charge in [0.05, 0.1) is 26.4 Å². The van der Waals surface area contributed by atoms with E-state index in [4.69, 9.17) is 14.6 Å². The van der Waals surface area contributed by atoms with E-state index in [0.717, 1.165) is 32.8 Å². The topological polar surface area (TPSA) is 91.3 Å². The van der Waals surface area contributed by atoms with Crippen LogP contribution in [0.3, 0.4) is 0 Å². The second-order valence-corrected chi connectivity index (χ2v) is 6.06. The first kappa shape index (κ1) is 17.7. The van der Waals surface area contributed by atoms with E-state index in [-0.39, 0.29) is 12.5 Å². The number of ether oxygens (including phenoxy) is 2. The third kappa shape index (κ3) is 4.47. The maximum atomic E-state index is 12.2. The highest BCUT2D eigenvalue weighted by Gasteiger charge is 2.31. The van der Waals surface area contributed by atoms with Crippen molar-refractivity contribution in [3.8, 4) is 0 Å². The minimum atomic E-state index is -0.504. The molecule has 1 unspecified atom stereocenters. The molecule has 2 N–H and O–H groups in total. The standard InChI is InChI=1S/C17H23N3O5/c21-12-15-11-20(17(23)25-15)14-3-1-13(2-4-14)16(22)18-5-6-19-7-9-24-10-8-19/h1-4,15,21H,5-12H2,(H,18,22). The van der Waals surface area contributed by atoms with Crippen LogP contribution in [0.5, 0.6) is 0 Å². The molecular formula is C17H23N3O5. The van der Waals surface area contributed by atoms with Gasteiger partial charge in [0.15, 0.2) is 0 Å². The molecule has 8 nitrogen and oxygen atoms in total. The fraction of sp³-hybridized carbons (Fsp3) is 0.529. The fourth-order valence-corrected chi connectivity index (χ4v) is 2.87. The molecule has 2 heterocycles. The lowest BCUT2D eigenvalue weighted by atomic mass is 10.2. The summed E-state index contributed by atoms with van der Waals surface area (Å²) in [6, 6.07) is 6.77. The van der Waals surface area contributed by atoms with E-state index < -0.39 is 12.2 Å². The molecule has 0 saturated carbocycles. The molecule has 0 aliphatic carbocycles. The van der Waals surface area contributed by atoms with Gasteiger partial charge in [0, 0.05) is 37.4 Å². The van der Waals surface area contributed by atoms with Crippen LogP contribution in [0.25, 0.3) is 0 Å². The summed E-state index contributed by atoms with van der Waals surface area (Å²) in [5.74, 6) is -0.142. The Labute approximate surface area is 146 Å². The van der Waals surface area contributed by atoms with Crippen molar-refractivity contribution in [2.45, 2.75) is 6.10 Å². The molecule has 1 aromatic rings. The first-order valence-electron chi connectivity index (χ1n) is 8.45. The summed E-state index contributed by atoms with van der Waals surface area (Å²) in [6.45, 7) is 4.76. The van der Waals surface area contributed by atoms with Gasteiger partial charge in [-0.25, -0.2) is 4.79 Å². The van der Waals surface area contributed by atoms with E-state index in [1.54, 1.807) is 24.3 Å². The number of anilines is 1. The number of carbonyl (C=O) groups excluding carboxylic acids is 2. The van der Waals surface area contributed by atoms with Gasteiger partial charge in [-0.1, -0.05) is 0 Å². The van der Waals surface area contributed by atoms with E-state index in [9.17, 15) is 9.59 Å². The van der Waals surface area contributed by atoms with E-state index in [0.29, 0.717) is 24.3 Å². The third-order valence-corrected chi connectivity index (χ3v) is 4.34. The predicted octanol–water partition coefficient (Wildman–Crippen LogP) is 0.0661. The summed E-state index contributed by atoms with van der Waals surface area (Å²) in [7, 11) is 0. The summed E-state index contributed by atoms with van der Waals surface area (Å²) in [6.07, 6.45) is -0.988. The SMILES string of the molecule is O=C(NCCN1CCOCC1)c1ccc(N2CC(CO)OC2=O)cc1. The van der Waals surface area contributed by atoms with Crippen LogP contribution >= 0.6 is 0 Å². The van der Waals surface area contributed by atoms with E-state index >= 15 is 0 Å². The highest BCUT2D eigenvalue weighted by atomic mass is 16.6. The molecule has 1 atom stereocenters. The Morgan fingerprint density at radius 1 is 1.24 bits per heavy atom. The van der Waals surface area contributed by atoms with Gasteiger partial charge in [-0.05, 0) is 24.3 Å². The average Bonchev–Trinajstić information content (AvgIpc) is 3.03. The lowest BCUT2D eigenvalue weighted by Gasteiger charge is -2.26. The lowest BCUT2D eigenvalue weighted by molar-refractivity contribution is 0.0383. The van der Waals surface area contributed by atoms with Crippen LogP contribution in [0, 0.1) is 0 Å². The molecule has 136 valence electrons. The number of aliphatic hydroxyl groups is 1. The van der Waals surface area contributed by atoms with Gasteiger partial charge in [-0.2, -0.15) is 0 Å². The molecule has 2 saturated heterocycles. The predicted molar refractivity (Wildman–Crippen MR) is 90.7 cm³/mol. The molecule has 8 heteroatoms. The zero-order valence-electron chi connectivity index (χ0n) is 14.0. The van der Waals surface area contributed by atoms with Crippen LogP contribution in [-0.2, 0) is 9.47 Å². The second-order valence-electron chi connectivity index (χ2n) is 6.06. The smallest absolute Gasteiger partial charge is 0.414 e. The summed E-state index contributed by atoms with van der Waals surface area (Å²) >= 11 is 0. The van der Waals surface area contributed by atoms with Crippen molar-refractivity contribution >= 4 is 17.7 Å². The van der Waals surface area contributed by atoms with Crippen LogP contribution < -0.4 is 10.2 Å². The summed E-state index contributed by atoms with van der Waals surface area (Å²) in [5.41, 5.74) is 1.18. The summed E-state index contributed by atoms with van der Waals surface area (Å²) in [4.78, 5) is 27.6. The summed E-state index contributed by atoms with van der Waals surface area (Å²) in [5, 5.41) is 12.0. The van der Waals surface area contributed by atoms with E-state index in [1.807, 2.05) is 0 Å². The molecule has 0 bridgehead atoms. The molecule has 2 fully saturated rings. The number of hydrogen-bond acceptors (Lipinski definition) is 6. The largest absolute Gasteiger partial charge is 0.441 e. The van der Waals surface area contributed by atoms with Crippen LogP contribution in [-0.4, -0.2) is 80.7 Å². The van der Waals surface area contributed by atoms with Gasteiger partial charge in [-0.15, -0.1) is 0 Å². The number of nitrogens with one attached hydrogen (secondary N) is 1. The molecule has 2 aliphatic heterocycles. The van der Waals surface area contributed by atoms with Gasteiger partial charge in [0.2, 0.25) is 0 Å². The number of amides is 2. The third-order valence-electron chi connectivity index (χ3n) is 4.34. The fourth-order valence-electron chi connectivity index (χ4n) is 2.87. The van der Waals surface area contributed by atoms with Crippen LogP contribution in [0.2, 0.25) is 0 Å². The number of hydrogen-bond donors (Lipinski definition) is 2. The molecule has 3 rings (SSSR count). The molecule has 2 aliphatic rings. The Bertz CT molecular complexity index is 601. The maximum Gasteiger partial charge on any atom is 0.414 e. The second kappa shape index (κ2) is 8.28. The first-order valence-corrected chi connectivity index (χ1v) is 8.45. The Hall–Kier alpha value is -2.16. The molecular weight excluding hydrogens is 326 g/mol. The number of benzene rings is 1. The van der Waals surface area contributed by atoms with Crippen molar-refractivity contribution in [1.29, 1.82) is 0 Å². The number of morpholine rings is 1. The average molecular weight is 349 g/mol. The quantitative estimate of drug-likeness (QED) is 0.755. The van der Waals surface area contributed by atoms with Crippen LogP contribution in [0.1, 0.15) is 10.4 Å². The Morgan fingerprint density at radius 2 is 1.96 bits per heavy atom. The minimum absolute atomic E-state index is 0.142. The first-order chi connectivity index (χ1) is 12.2. The van der Waals surface area contributed by atoms with Crippen molar-refractivity contribution < 1.29 is 24.2 Å². The van der Waals surface area contributed by atoms with Crippen molar-refractivity contribution in [2.75, 3.05) is 57.4 Å². The zero-order chi connectivity index (χ0) is 17.6. The van der Waals surface area contributed by atoms with Crippen molar-refractivity contribution in [3.63, 3.8) is 0 Å². The Kier molecular flexibility index (Phi) is 5.85. The molecule has 0 aromatic heterocycles. The number of nitrogens with zero attached hydrogens (tertiary/aromatic N) is 2. The number of rotatable bonds is 6. The number of carbonyl (C=O) groups is 2. The van der Waals surface area contributed by atoms with Gasteiger partial charge < -0.3 is 19.9 Å². The van der Waals surface area contributed by atoms with Crippen molar-refractivity contribution in [1.82, 2.24) is 10.2 Å². The van der Waals surface area contributed by atoms with E-state index in [1.165, 1.54) is 4.90 Å². The highest BCUT2D eigenvalue weighted by Crippen LogP contribution is 2.21. The molecule has 1 aromatic carbocycles. The molecule has 2 amide bonds. The van der Waals surface area contributed by atoms with Gasteiger partial charge in [0.25, 0.3) is 5.91 Å². The highest BCUT2D eigenvalue weighted by molar-refractivity contribution is 5.95. The van der Waals surface area contributed by atoms with Gasteiger partial charge >= 0.3 is 6.09 Å². The normalized spacial score (nSPS) is 21.2. The number of aliphatic hydroxyl groups excluding tert-OH is 1. The van der Waals surface area contributed by atoms with Crippen LogP contribution in [0.4, 0.5) is 10.5 Å². The zero-order valence-corrected chi connectivity index (χ0v) is 14.0. The Balaban J connectivity index is 1.49. The van der Waals surface area contributed by atoms with Gasteiger partial charge in [-0.3, -0.25) is 14.6 Å². The summed E-state index contributed by atoms with van der Waals surface area (Å²) < 4.78 is 10.3. The minimum Gasteiger partial charge on any atom is -0.441 e. The lowest BCUT2D eigenvalue weighted by Crippen LogP contribution is -2.41. The van der Waals surface area contributed by atoms with Crippen LogP contribution in [0.15, 0.2) is 24.3 Å². The molecule has 0 radical (unpaired) electrons. The van der Waals surface area contributed by atoms with Crippen molar-refractivity contribution in [3.05, 3.63) is 29.8 Å². The van der Waals surface area contributed by atoms with E-state index in [2.05, 4.69) is 10.2 Å². The van der Waals surface area contributed by atoms with Gasteiger partial charge in [0.1, 0.15) is 6.10 Å². The number of cyclic esters (lactones) is 1. The van der Waals surface area contributed by atoms with Crippen molar-refractivity contribution in [2.24, 2.45) is 0 Å². The molecule has 0 spiro atoms.